The van der Waals surface area contributed by atoms with Crippen molar-refractivity contribution >= 4 is 23.5 Å². The van der Waals surface area contributed by atoms with Gasteiger partial charge in [-0.3, -0.25) is 9.59 Å². The fraction of sp³-hybridized carbons (Fsp3) is 0.667. The molecule has 8 atom stereocenters. The van der Waals surface area contributed by atoms with E-state index in [9.17, 15) is 50.4 Å². The Labute approximate surface area is 203 Å². The van der Waals surface area contributed by atoms with Crippen LogP contribution in [0.4, 0.5) is 11.6 Å². The number of hydrogen-bond donors (Lipinski definition) is 14. The van der Waals surface area contributed by atoms with Crippen molar-refractivity contribution in [2.24, 2.45) is 0 Å². The van der Waals surface area contributed by atoms with Gasteiger partial charge in [0, 0.05) is 13.1 Å². The number of carbonyl (C=O) groups excluding carboxylic acids is 2. The van der Waals surface area contributed by atoms with Crippen molar-refractivity contribution in [3.63, 3.8) is 0 Å². The van der Waals surface area contributed by atoms with Crippen LogP contribution < -0.4 is 22.1 Å². The molecule has 36 heavy (non-hydrogen) atoms. The molecule has 0 aromatic carbocycles. The van der Waals surface area contributed by atoms with E-state index >= 15 is 0 Å². The van der Waals surface area contributed by atoms with E-state index in [1.165, 1.54) is 0 Å². The molecule has 0 aliphatic carbocycles. The predicted octanol–water partition coefficient (Wildman–Crippen LogP) is -8.03. The molecule has 18 nitrogen and oxygen atoms in total. The van der Waals surface area contributed by atoms with Gasteiger partial charge in [-0.15, -0.1) is 0 Å². The number of amides is 2. The van der Waals surface area contributed by atoms with Crippen molar-refractivity contribution in [2.45, 2.75) is 48.8 Å². The van der Waals surface area contributed by atoms with Crippen LogP contribution in [-0.4, -0.2) is 148 Å². The van der Waals surface area contributed by atoms with Gasteiger partial charge in [-0.1, -0.05) is 0 Å². The van der Waals surface area contributed by atoms with E-state index in [2.05, 4.69) is 20.6 Å². The lowest BCUT2D eigenvalue weighted by Gasteiger charge is -2.25. The van der Waals surface area contributed by atoms with Crippen LogP contribution in [0.25, 0.3) is 0 Å². The van der Waals surface area contributed by atoms with Crippen molar-refractivity contribution in [3.05, 3.63) is 11.4 Å². The molecule has 0 saturated carbocycles. The Kier molecular flexibility index (Phi) is 12.2. The van der Waals surface area contributed by atoms with E-state index in [0.717, 1.165) is 0 Å². The van der Waals surface area contributed by atoms with Crippen LogP contribution in [0.15, 0.2) is 0 Å². The topological polar surface area (TPSA) is 338 Å². The number of aromatic nitrogens is 2. The van der Waals surface area contributed by atoms with Gasteiger partial charge in [0.2, 0.25) is 0 Å². The smallest absolute Gasteiger partial charge is 0.273 e. The second kappa shape index (κ2) is 14.1. The van der Waals surface area contributed by atoms with Crippen molar-refractivity contribution in [1.82, 2.24) is 20.6 Å². The number of carbonyl (C=O) groups is 2. The first-order valence-corrected chi connectivity index (χ1v) is 10.4. The minimum Gasteiger partial charge on any atom is -0.394 e. The van der Waals surface area contributed by atoms with Gasteiger partial charge in [-0.25, -0.2) is 9.97 Å². The summed E-state index contributed by atoms with van der Waals surface area (Å²) in [5.41, 5.74) is 10.1. The molecule has 1 aromatic rings. The number of aliphatic hydroxyl groups is 10. The van der Waals surface area contributed by atoms with Crippen molar-refractivity contribution in [2.75, 3.05) is 37.8 Å². The largest absolute Gasteiger partial charge is 0.394 e. The molecule has 206 valence electrons. The van der Waals surface area contributed by atoms with Gasteiger partial charge in [-0.2, -0.15) is 0 Å². The lowest BCUT2D eigenvalue weighted by Crippen LogP contribution is -2.50. The SMILES string of the molecule is Nc1nc(C(=O)NC[C@@H](O)[C@H](O)[C@@H](O)[C@@H](O)CO)c(N)nc1C(=O)NC[C@@H](O)[C@H](O)[C@@H](O)[C@@H](O)CO. The number of nitrogens with one attached hydrogen (secondary N) is 2. The average Bonchev–Trinajstić information content (AvgIpc) is 2.87. The highest BCUT2D eigenvalue weighted by atomic mass is 16.4. The Balaban J connectivity index is 2.79. The van der Waals surface area contributed by atoms with Crippen LogP contribution in [-0.2, 0) is 0 Å². The van der Waals surface area contributed by atoms with E-state index in [-0.39, 0.29) is 0 Å². The fourth-order valence-corrected chi connectivity index (χ4v) is 2.73. The Morgan fingerprint density at radius 2 is 0.889 bits per heavy atom. The second-order valence-electron chi connectivity index (χ2n) is 7.71. The zero-order valence-electron chi connectivity index (χ0n) is 18.8. The zero-order chi connectivity index (χ0) is 27.7. The molecule has 18 heteroatoms. The monoisotopic (exact) mass is 524 g/mol. The highest BCUT2D eigenvalue weighted by Crippen LogP contribution is 2.14. The molecule has 1 heterocycles. The van der Waals surface area contributed by atoms with Crippen molar-refractivity contribution < 1.29 is 60.7 Å². The summed E-state index contributed by atoms with van der Waals surface area (Å²) in [7, 11) is 0. The first kappa shape index (κ1) is 31.3. The molecule has 0 saturated heterocycles. The molecule has 0 aliphatic rings. The minimum atomic E-state index is -1.94. The molecule has 0 fully saturated rings. The highest BCUT2D eigenvalue weighted by Gasteiger charge is 2.32. The number of nitrogens with two attached hydrogens (primary N) is 2. The molecule has 0 aliphatic heterocycles. The van der Waals surface area contributed by atoms with Gasteiger partial charge in [0.05, 0.1) is 25.4 Å². The minimum absolute atomic E-state index is 0.571. The van der Waals surface area contributed by atoms with E-state index in [1.54, 1.807) is 0 Å². The number of nitrogen functional groups attached to an aromatic ring is 2. The lowest BCUT2D eigenvalue weighted by molar-refractivity contribution is -0.113. The predicted molar refractivity (Wildman–Crippen MR) is 118 cm³/mol. The number of hydrogen-bond acceptors (Lipinski definition) is 16. The standard InChI is InChI=1S/C18H32N6O12/c19-15-9(17(35)21-1-5(27)11(31)13(33)7(29)3-25)23-16(20)10(24-15)18(36)22-2-6(28)12(32)14(34)8(30)4-26/h5-8,11-14,25-34H,1-4H2,(H2,20,23)(H2,19,24)(H,21,35)(H,22,36)/t5-,6-,7+,8+,11+,12+,13+,14+/m1/s1. The van der Waals surface area contributed by atoms with E-state index < -0.39 is 110 Å². The Morgan fingerprint density at radius 3 is 1.17 bits per heavy atom. The fourth-order valence-electron chi connectivity index (χ4n) is 2.73. The van der Waals surface area contributed by atoms with Crippen LogP contribution >= 0.6 is 0 Å². The summed E-state index contributed by atoms with van der Waals surface area (Å²) >= 11 is 0. The van der Waals surface area contributed by atoms with Gasteiger partial charge < -0.3 is 73.2 Å². The number of nitrogens with zero attached hydrogens (tertiary/aromatic N) is 2. The number of rotatable bonds is 14. The first-order chi connectivity index (χ1) is 16.8. The molecule has 16 N–H and O–H groups in total. The molecule has 1 rings (SSSR count). The van der Waals surface area contributed by atoms with Crippen LogP contribution in [0.5, 0.6) is 0 Å². The van der Waals surface area contributed by atoms with E-state index in [4.69, 9.17) is 21.7 Å². The zero-order valence-corrected chi connectivity index (χ0v) is 18.8. The Hall–Kier alpha value is -2.78. The molecule has 0 bridgehead atoms. The first-order valence-electron chi connectivity index (χ1n) is 10.4. The summed E-state index contributed by atoms with van der Waals surface area (Å²) in [4.78, 5) is 31.9. The molecule has 0 spiro atoms. The Morgan fingerprint density at radius 1 is 0.611 bits per heavy atom. The van der Waals surface area contributed by atoms with Crippen LogP contribution in [0, 0.1) is 0 Å². The van der Waals surface area contributed by atoms with Gasteiger partial charge in [-0.05, 0) is 0 Å². The summed E-state index contributed by atoms with van der Waals surface area (Å²) in [6, 6.07) is 0. The molecular formula is C18H32N6O12. The normalized spacial score (nSPS) is 18.3. The average molecular weight is 524 g/mol. The van der Waals surface area contributed by atoms with Crippen LogP contribution in [0.1, 0.15) is 21.0 Å². The quantitative estimate of drug-likeness (QED) is 0.107. The maximum absolute atomic E-state index is 12.3. The lowest BCUT2D eigenvalue weighted by atomic mass is 10.0. The number of anilines is 2. The van der Waals surface area contributed by atoms with Gasteiger partial charge in [0.15, 0.2) is 23.0 Å². The Bertz CT molecular complexity index is 809. The third-order valence-corrected chi connectivity index (χ3v) is 4.97. The van der Waals surface area contributed by atoms with E-state index in [0.29, 0.717) is 0 Å². The van der Waals surface area contributed by atoms with Crippen LogP contribution in [0.2, 0.25) is 0 Å². The summed E-state index contributed by atoms with van der Waals surface area (Å²) in [5, 5.41) is 98.7. The molecule has 0 radical (unpaired) electrons. The second-order valence-corrected chi connectivity index (χ2v) is 7.71. The molecule has 2 amide bonds. The summed E-state index contributed by atoms with van der Waals surface area (Å²) < 4.78 is 0. The van der Waals surface area contributed by atoms with Crippen molar-refractivity contribution in [3.8, 4) is 0 Å². The van der Waals surface area contributed by atoms with Crippen molar-refractivity contribution in [1.29, 1.82) is 0 Å². The summed E-state index contributed by atoms with van der Waals surface area (Å²) in [6.07, 6.45) is -14.7. The molecule has 1 aromatic heterocycles. The number of aliphatic hydroxyl groups excluding tert-OH is 10. The van der Waals surface area contributed by atoms with Gasteiger partial charge in [0.25, 0.3) is 11.8 Å². The van der Waals surface area contributed by atoms with Gasteiger partial charge in [0.1, 0.15) is 36.6 Å². The maximum atomic E-state index is 12.3. The molecular weight excluding hydrogens is 492 g/mol. The third kappa shape index (κ3) is 8.13. The molecule has 0 unspecified atom stereocenters. The van der Waals surface area contributed by atoms with Gasteiger partial charge >= 0.3 is 0 Å². The third-order valence-electron chi connectivity index (χ3n) is 4.97. The summed E-state index contributed by atoms with van der Waals surface area (Å²) in [6.45, 7) is -3.10. The van der Waals surface area contributed by atoms with E-state index in [1.807, 2.05) is 0 Å². The maximum Gasteiger partial charge on any atom is 0.273 e. The summed E-state index contributed by atoms with van der Waals surface area (Å²) in [5.74, 6) is -3.26. The highest BCUT2D eigenvalue weighted by molar-refractivity contribution is 6.00. The van der Waals surface area contributed by atoms with Crippen LogP contribution in [0.3, 0.4) is 0 Å².